The van der Waals surface area contributed by atoms with Crippen molar-refractivity contribution in [1.29, 1.82) is 0 Å². The highest BCUT2D eigenvalue weighted by atomic mass is 16.7. The van der Waals surface area contributed by atoms with Gasteiger partial charge < -0.3 is 52.7 Å². The number of esters is 4. The number of hydrogen-bond acceptors (Lipinski definition) is 16. The van der Waals surface area contributed by atoms with Crippen molar-refractivity contribution < 1.29 is 76.1 Å². The molecule has 1 saturated heterocycles. The number of amides is 1. The molecule has 1 fully saturated rings. The average Bonchev–Trinajstić information content (AvgIpc) is 3.56. The van der Waals surface area contributed by atoms with Crippen LogP contribution in [-0.2, 0) is 61.8 Å². The molecule has 324 valence electrons. The van der Waals surface area contributed by atoms with E-state index in [2.05, 4.69) is 41.4 Å². The van der Waals surface area contributed by atoms with Crippen molar-refractivity contribution in [2.45, 2.75) is 57.4 Å². The van der Waals surface area contributed by atoms with Crippen LogP contribution in [0.15, 0.2) is 66.7 Å². The van der Waals surface area contributed by atoms with Crippen LogP contribution in [0, 0.1) is 11.8 Å². The third-order valence-corrected chi connectivity index (χ3v) is 9.23. The van der Waals surface area contributed by atoms with Gasteiger partial charge in [-0.15, -0.1) is 0 Å². The summed E-state index contributed by atoms with van der Waals surface area (Å²) in [6.07, 6.45) is -8.09. The summed E-state index contributed by atoms with van der Waals surface area (Å²) in [5, 5.41) is 2.70. The van der Waals surface area contributed by atoms with E-state index < -0.39 is 60.7 Å². The second-order valence-corrected chi connectivity index (χ2v) is 13.5. The number of carbonyl (C=O) groups excluding carboxylic acids is 6. The van der Waals surface area contributed by atoms with E-state index in [4.69, 9.17) is 47.4 Å². The monoisotopic (exact) mass is 845 g/mol. The van der Waals surface area contributed by atoms with Gasteiger partial charge in [-0.25, -0.2) is 9.59 Å². The molecule has 1 aliphatic carbocycles. The summed E-state index contributed by atoms with van der Waals surface area (Å²) in [6, 6.07) is 20.7. The molecular weight excluding hydrogens is 798 g/mol. The molecule has 61 heavy (non-hydrogen) atoms. The maximum absolute atomic E-state index is 12.7. The first-order valence-corrected chi connectivity index (χ1v) is 19.3. The Balaban J connectivity index is 1.02. The van der Waals surface area contributed by atoms with Gasteiger partial charge in [-0.05, 0) is 40.5 Å². The Morgan fingerprint density at radius 3 is 1.95 bits per heavy atom. The third kappa shape index (κ3) is 12.8. The number of rotatable bonds is 19. The van der Waals surface area contributed by atoms with Gasteiger partial charge in [0.1, 0.15) is 19.0 Å². The fourth-order valence-electron chi connectivity index (χ4n) is 6.69. The normalized spacial score (nSPS) is 18.9. The molecule has 3 aromatic carbocycles. The van der Waals surface area contributed by atoms with E-state index in [0.29, 0.717) is 25.1 Å². The van der Waals surface area contributed by atoms with E-state index in [1.54, 1.807) is 6.07 Å². The van der Waals surface area contributed by atoms with Crippen LogP contribution >= 0.6 is 0 Å². The van der Waals surface area contributed by atoms with Gasteiger partial charge >= 0.3 is 30.0 Å². The second kappa shape index (κ2) is 22.9. The highest BCUT2D eigenvalue weighted by Gasteiger charge is 2.56. The Hall–Kier alpha value is -6.32. The zero-order valence-electron chi connectivity index (χ0n) is 34.1. The van der Waals surface area contributed by atoms with Gasteiger partial charge in [0, 0.05) is 38.8 Å². The van der Waals surface area contributed by atoms with Crippen LogP contribution in [0.3, 0.4) is 0 Å². The van der Waals surface area contributed by atoms with Gasteiger partial charge in [0.25, 0.3) is 0 Å². The second-order valence-electron chi connectivity index (χ2n) is 13.5. The lowest BCUT2D eigenvalue weighted by Gasteiger charge is -2.43. The minimum atomic E-state index is -1.68. The number of aldehydes is 1. The SMILES string of the molecule is COC(=O)[C@H]1O[C@@H](Oc2cc(C#CCOCCOCCOCCNC(=O)OCC3c4ccccc4-c4ccccc43)ccc2C=O)[C@H](OC(C)=O)[C@@H](OC(C)=O)[C@@H]1OC(C)=O. The van der Waals surface area contributed by atoms with Crippen molar-refractivity contribution in [3.05, 3.63) is 89.0 Å². The van der Waals surface area contributed by atoms with Crippen molar-refractivity contribution in [3.63, 3.8) is 0 Å². The first kappa shape index (κ1) is 45.8. The molecule has 1 aliphatic heterocycles. The summed E-state index contributed by atoms with van der Waals surface area (Å²) in [6.45, 7) is 5.15. The van der Waals surface area contributed by atoms with Crippen LogP contribution in [-0.4, -0.2) is 127 Å². The Kier molecular flexibility index (Phi) is 17.2. The molecule has 0 spiro atoms. The molecule has 0 aromatic heterocycles. The van der Waals surface area contributed by atoms with E-state index in [9.17, 15) is 28.8 Å². The Morgan fingerprint density at radius 1 is 0.738 bits per heavy atom. The molecule has 17 heteroatoms. The predicted octanol–water partition coefficient (Wildman–Crippen LogP) is 3.51. The standard InChI is InChI=1S/C44H47NO16/c1-27(47)57-38-39(58-28(2)48)41(59-29(3)49)43(61-40(38)42(50)52-4)60-37-24-30(15-16-31(37)25-46)10-9-18-53-20-22-55-23-21-54-19-17-45-44(51)56-26-36-34-13-7-5-11-32(34)33-12-6-8-14-35(33)36/h5-8,11-16,24-25,36,38-41,43H,17-23,26H2,1-4H3,(H,45,51)/t38-,39-,40-,41+,43+/m0/s1. The van der Waals surface area contributed by atoms with Crippen LogP contribution in [0.5, 0.6) is 5.75 Å². The number of hydrogen-bond donors (Lipinski definition) is 1. The molecule has 5 rings (SSSR count). The van der Waals surface area contributed by atoms with Crippen LogP contribution in [0.4, 0.5) is 4.79 Å². The molecule has 1 heterocycles. The molecule has 0 radical (unpaired) electrons. The largest absolute Gasteiger partial charge is 0.467 e. The van der Waals surface area contributed by atoms with Gasteiger partial charge in [0.2, 0.25) is 12.4 Å². The minimum Gasteiger partial charge on any atom is -0.467 e. The molecule has 2 aliphatic rings. The van der Waals surface area contributed by atoms with E-state index in [1.807, 2.05) is 24.3 Å². The quantitative estimate of drug-likeness (QED) is 0.0602. The topological polar surface area (TPSA) is 207 Å². The molecule has 0 saturated carbocycles. The Morgan fingerprint density at radius 2 is 1.33 bits per heavy atom. The first-order chi connectivity index (χ1) is 29.5. The van der Waals surface area contributed by atoms with Crippen LogP contribution in [0.1, 0.15) is 53.7 Å². The lowest BCUT2D eigenvalue weighted by Crippen LogP contribution is -2.64. The van der Waals surface area contributed by atoms with Gasteiger partial charge in [-0.2, -0.15) is 0 Å². The van der Waals surface area contributed by atoms with Crippen molar-refractivity contribution in [1.82, 2.24) is 5.32 Å². The maximum Gasteiger partial charge on any atom is 0.407 e. The average molecular weight is 846 g/mol. The van der Waals surface area contributed by atoms with Crippen LogP contribution in [0.25, 0.3) is 11.1 Å². The Bertz CT molecular complexity index is 2050. The first-order valence-electron chi connectivity index (χ1n) is 19.3. The van der Waals surface area contributed by atoms with Gasteiger partial charge in [0.15, 0.2) is 24.6 Å². The van der Waals surface area contributed by atoms with E-state index in [-0.39, 0.29) is 56.8 Å². The molecule has 3 aromatic rings. The van der Waals surface area contributed by atoms with Crippen molar-refractivity contribution in [2.75, 3.05) is 59.9 Å². The summed E-state index contributed by atoms with van der Waals surface area (Å²) in [5.41, 5.74) is 5.04. The lowest BCUT2D eigenvalue weighted by molar-refractivity contribution is -0.282. The molecule has 0 unspecified atom stereocenters. The maximum atomic E-state index is 12.7. The fourth-order valence-corrected chi connectivity index (χ4v) is 6.69. The van der Waals surface area contributed by atoms with Crippen molar-refractivity contribution in [3.8, 4) is 28.7 Å². The van der Waals surface area contributed by atoms with Crippen molar-refractivity contribution >= 4 is 36.3 Å². The van der Waals surface area contributed by atoms with Gasteiger partial charge in [-0.1, -0.05) is 60.4 Å². The fraction of sp³-hybridized carbons (Fsp3) is 0.409. The number of alkyl carbamates (subject to hydrolysis) is 1. The lowest BCUT2D eigenvalue weighted by atomic mass is 9.97. The highest BCUT2D eigenvalue weighted by Crippen LogP contribution is 2.44. The van der Waals surface area contributed by atoms with E-state index in [1.165, 1.54) is 12.1 Å². The van der Waals surface area contributed by atoms with Crippen LogP contribution in [0.2, 0.25) is 0 Å². The van der Waals surface area contributed by atoms with Crippen LogP contribution < -0.4 is 10.1 Å². The number of fused-ring (bicyclic) bond motifs is 3. The molecule has 5 atom stereocenters. The minimum absolute atomic E-state index is 0.0183. The molecule has 1 N–H and O–H groups in total. The zero-order chi connectivity index (χ0) is 43.7. The summed E-state index contributed by atoms with van der Waals surface area (Å²) in [7, 11) is 1.06. The Labute approximate surface area is 352 Å². The van der Waals surface area contributed by atoms with E-state index in [0.717, 1.165) is 50.1 Å². The summed E-state index contributed by atoms with van der Waals surface area (Å²) in [4.78, 5) is 73.2. The number of benzene rings is 3. The number of nitrogens with one attached hydrogen (secondary N) is 1. The number of carbonyl (C=O) groups is 6. The van der Waals surface area contributed by atoms with E-state index >= 15 is 0 Å². The predicted molar refractivity (Wildman–Crippen MR) is 212 cm³/mol. The molecule has 1 amide bonds. The molecule has 0 bridgehead atoms. The van der Waals surface area contributed by atoms with Crippen molar-refractivity contribution in [2.24, 2.45) is 0 Å². The summed E-state index contributed by atoms with van der Waals surface area (Å²) in [5.74, 6) is 2.08. The van der Waals surface area contributed by atoms with Gasteiger partial charge in [0.05, 0.1) is 45.7 Å². The number of methoxy groups -OCH3 is 1. The smallest absolute Gasteiger partial charge is 0.407 e. The molecule has 17 nitrogen and oxygen atoms in total. The summed E-state index contributed by atoms with van der Waals surface area (Å²) < 4.78 is 54.7. The summed E-state index contributed by atoms with van der Waals surface area (Å²) >= 11 is 0. The molecular formula is C44H47NO16. The highest BCUT2D eigenvalue weighted by molar-refractivity contribution is 5.81. The van der Waals surface area contributed by atoms with Gasteiger partial charge in [-0.3, -0.25) is 19.2 Å². The third-order valence-electron chi connectivity index (χ3n) is 9.23. The number of ether oxygens (including phenoxy) is 10. The zero-order valence-corrected chi connectivity index (χ0v) is 34.1.